The van der Waals surface area contributed by atoms with E-state index in [1.807, 2.05) is 0 Å². The molecule has 2 aromatic rings. The number of halogens is 4. The zero-order valence-corrected chi connectivity index (χ0v) is 13.4. The molecule has 1 aromatic carbocycles. The number of nitrogens with zero attached hydrogens (tertiary/aromatic N) is 3. The van der Waals surface area contributed by atoms with E-state index in [-0.39, 0.29) is 16.4 Å². The van der Waals surface area contributed by atoms with Gasteiger partial charge in [-0.1, -0.05) is 26.0 Å². The largest absolute Gasteiger partial charge is 0.318 e. The van der Waals surface area contributed by atoms with Crippen molar-refractivity contribution >= 4 is 5.91 Å². The summed E-state index contributed by atoms with van der Waals surface area (Å²) < 4.78 is 55.4. The molecule has 0 aliphatic rings. The van der Waals surface area contributed by atoms with Crippen molar-refractivity contribution in [1.82, 2.24) is 14.7 Å². The van der Waals surface area contributed by atoms with E-state index in [2.05, 4.69) is 5.10 Å². The van der Waals surface area contributed by atoms with Crippen molar-refractivity contribution in [3.8, 4) is 0 Å². The van der Waals surface area contributed by atoms with Gasteiger partial charge in [-0.25, -0.2) is 9.07 Å². The molecule has 2 rings (SSSR count). The third kappa shape index (κ3) is 3.42. The molecule has 1 heterocycles. The normalized spacial score (nSPS) is 11.4. The number of carbonyl (C=O) groups excluding carboxylic acids is 1. The van der Waals surface area contributed by atoms with Crippen molar-refractivity contribution in [3.05, 3.63) is 52.9 Å². The fourth-order valence-electron chi connectivity index (χ4n) is 2.40. The van der Waals surface area contributed by atoms with Crippen LogP contribution in [0.2, 0.25) is 0 Å². The van der Waals surface area contributed by atoms with Crippen molar-refractivity contribution in [1.29, 1.82) is 0 Å². The van der Waals surface area contributed by atoms with Crippen molar-refractivity contribution < 1.29 is 22.4 Å². The predicted octanol–water partition coefficient (Wildman–Crippen LogP) is 3.69. The van der Waals surface area contributed by atoms with Crippen LogP contribution in [-0.2, 0) is 13.6 Å². The highest BCUT2D eigenvalue weighted by Crippen LogP contribution is 2.25. The highest BCUT2D eigenvalue weighted by atomic mass is 19.3. The number of aryl methyl sites for hydroxylation is 1. The molecule has 0 unspecified atom stereocenters. The lowest BCUT2D eigenvalue weighted by Crippen LogP contribution is -2.36. The summed E-state index contributed by atoms with van der Waals surface area (Å²) in [5.74, 6) is -3.08. The molecule has 4 nitrogen and oxygen atoms in total. The minimum Gasteiger partial charge on any atom is -0.277 e. The van der Waals surface area contributed by atoms with E-state index in [4.69, 9.17) is 0 Å². The third-order valence-electron chi connectivity index (χ3n) is 3.70. The lowest BCUT2D eigenvalue weighted by atomic mass is 9.96. The second kappa shape index (κ2) is 7.02. The van der Waals surface area contributed by atoms with Gasteiger partial charge in [0.2, 0.25) is 5.95 Å². The molecule has 0 saturated heterocycles. The SMILES string of the molecule is CC(C)c1cccc(F)c1CN(C(=O)c1cnn(C)c1F)C(F)F. The monoisotopic (exact) mass is 343 g/mol. The van der Waals surface area contributed by atoms with Crippen LogP contribution < -0.4 is 0 Å². The summed E-state index contributed by atoms with van der Waals surface area (Å²) >= 11 is 0. The smallest absolute Gasteiger partial charge is 0.277 e. The molecule has 24 heavy (non-hydrogen) atoms. The van der Waals surface area contributed by atoms with E-state index in [9.17, 15) is 22.4 Å². The van der Waals surface area contributed by atoms with E-state index in [1.54, 1.807) is 19.9 Å². The molecule has 0 aliphatic carbocycles. The van der Waals surface area contributed by atoms with Gasteiger partial charge in [0, 0.05) is 12.6 Å². The Kier molecular flexibility index (Phi) is 5.26. The number of hydrogen-bond acceptors (Lipinski definition) is 2. The molecular formula is C16H17F4N3O. The Bertz CT molecular complexity index is 743. The van der Waals surface area contributed by atoms with Crippen LogP contribution in [0.5, 0.6) is 0 Å². The molecule has 0 saturated carbocycles. The van der Waals surface area contributed by atoms with Crippen LogP contribution in [0.3, 0.4) is 0 Å². The minimum atomic E-state index is -3.21. The summed E-state index contributed by atoms with van der Waals surface area (Å²) in [5, 5.41) is 3.52. The Labute approximate surface area is 136 Å². The quantitative estimate of drug-likeness (QED) is 0.613. The molecule has 1 amide bonds. The number of rotatable bonds is 5. The molecular weight excluding hydrogens is 326 g/mol. The number of aromatic nitrogens is 2. The van der Waals surface area contributed by atoms with E-state index >= 15 is 0 Å². The predicted molar refractivity (Wildman–Crippen MR) is 79.5 cm³/mol. The molecule has 0 spiro atoms. The van der Waals surface area contributed by atoms with Gasteiger partial charge in [0.25, 0.3) is 5.91 Å². The number of hydrogen-bond donors (Lipinski definition) is 0. The summed E-state index contributed by atoms with van der Waals surface area (Å²) in [6.07, 6.45) is 0.873. The van der Waals surface area contributed by atoms with E-state index in [1.165, 1.54) is 13.1 Å². The summed E-state index contributed by atoms with van der Waals surface area (Å²) in [6.45, 7) is -0.302. The zero-order chi connectivity index (χ0) is 18.0. The first kappa shape index (κ1) is 18.0. The Morgan fingerprint density at radius 1 is 1.29 bits per heavy atom. The summed E-state index contributed by atoms with van der Waals surface area (Å²) in [5.41, 5.74) is -0.0780. The molecule has 0 N–H and O–H groups in total. The van der Waals surface area contributed by atoms with Gasteiger partial charge in [-0.3, -0.25) is 9.69 Å². The van der Waals surface area contributed by atoms with Crippen molar-refractivity contribution in [2.24, 2.45) is 7.05 Å². The van der Waals surface area contributed by atoms with Crippen molar-refractivity contribution in [3.63, 3.8) is 0 Å². The second-order valence-corrected chi connectivity index (χ2v) is 5.65. The van der Waals surface area contributed by atoms with Gasteiger partial charge in [-0.15, -0.1) is 0 Å². The molecule has 0 atom stereocenters. The van der Waals surface area contributed by atoms with Crippen LogP contribution >= 0.6 is 0 Å². The van der Waals surface area contributed by atoms with Gasteiger partial charge in [0.05, 0.1) is 12.7 Å². The van der Waals surface area contributed by atoms with Gasteiger partial charge >= 0.3 is 6.55 Å². The van der Waals surface area contributed by atoms with Crippen LogP contribution in [0.4, 0.5) is 17.6 Å². The van der Waals surface area contributed by atoms with Gasteiger partial charge < -0.3 is 0 Å². The van der Waals surface area contributed by atoms with Crippen LogP contribution in [0.15, 0.2) is 24.4 Å². The van der Waals surface area contributed by atoms with E-state index in [0.29, 0.717) is 5.56 Å². The number of alkyl halides is 2. The maximum Gasteiger partial charge on any atom is 0.318 e. The Balaban J connectivity index is 2.40. The topological polar surface area (TPSA) is 38.1 Å². The Morgan fingerprint density at radius 2 is 1.96 bits per heavy atom. The number of benzene rings is 1. The second-order valence-electron chi connectivity index (χ2n) is 5.65. The lowest BCUT2D eigenvalue weighted by Gasteiger charge is -2.23. The van der Waals surface area contributed by atoms with Crippen LogP contribution in [0, 0.1) is 11.8 Å². The first-order chi connectivity index (χ1) is 11.2. The van der Waals surface area contributed by atoms with Crippen LogP contribution in [0.25, 0.3) is 0 Å². The van der Waals surface area contributed by atoms with Crippen LogP contribution in [-0.4, -0.2) is 27.1 Å². The molecule has 0 radical (unpaired) electrons. The molecule has 0 bridgehead atoms. The van der Waals surface area contributed by atoms with Crippen molar-refractivity contribution in [2.45, 2.75) is 32.9 Å². The third-order valence-corrected chi connectivity index (χ3v) is 3.70. The van der Waals surface area contributed by atoms with Crippen LogP contribution in [0.1, 0.15) is 41.3 Å². The molecule has 0 aliphatic heterocycles. The van der Waals surface area contributed by atoms with E-state index in [0.717, 1.165) is 16.9 Å². The Morgan fingerprint density at radius 3 is 2.46 bits per heavy atom. The highest BCUT2D eigenvalue weighted by molar-refractivity contribution is 5.94. The first-order valence-electron chi connectivity index (χ1n) is 7.28. The maximum absolute atomic E-state index is 14.1. The molecule has 0 fully saturated rings. The number of amides is 1. The fourth-order valence-corrected chi connectivity index (χ4v) is 2.40. The minimum absolute atomic E-state index is 0.00884. The zero-order valence-electron chi connectivity index (χ0n) is 13.4. The summed E-state index contributed by atoms with van der Waals surface area (Å²) in [7, 11) is 1.24. The average molecular weight is 343 g/mol. The number of carbonyl (C=O) groups is 1. The summed E-state index contributed by atoms with van der Waals surface area (Å²) in [6, 6.07) is 4.23. The molecule has 130 valence electrons. The van der Waals surface area contributed by atoms with Gasteiger partial charge in [0.1, 0.15) is 11.4 Å². The standard InChI is InChI=1S/C16H17F4N3O/c1-9(2)10-5-4-6-13(17)12(10)8-23(16(19)20)15(24)11-7-21-22(3)14(11)18/h4-7,9,16H,8H2,1-3H3. The molecule has 8 heteroatoms. The maximum atomic E-state index is 14.1. The average Bonchev–Trinajstić information content (AvgIpc) is 2.84. The first-order valence-corrected chi connectivity index (χ1v) is 7.28. The van der Waals surface area contributed by atoms with E-state index < -0.39 is 36.3 Å². The van der Waals surface area contributed by atoms with Crippen molar-refractivity contribution in [2.75, 3.05) is 0 Å². The van der Waals surface area contributed by atoms with Gasteiger partial charge in [-0.2, -0.15) is 18.3 Å². The van der Waals surface area contributed by atoms with Gasteiger partial charge in [-0.05, 0) is 17.5 Å². The lowest BCUT2D eigenvalue weighted by molar-refractivity contribution is -0.0194. The molecule has 1 aromatic heterocycles. The summed E-state index contributed by atoms with van der Waals surface area (Å²) in [4.78, 5) is 12.4. The fraction of sp³-hybridized carbons (Fsp3) is 0.375. The highest BCUT2D eigenvalue weighted by Gasteiger charge is 2.30. The Hall–Kier alpha value is -2.38. The van der Waals surface area contributed by atoms with Gasteiger partial charge in [0.15, 0.2) is 0 Å².